The normalized spacial score (nSPS) is 16.5. The number of aryl methyl sites for hydroxylation is 1. The number of amides is 1. The van der Waals surface area contributed by atoms with Crippen LogP contribution in [0.15, 0.2) is 36.4 Å². The van der Waals surface area contributed by atoms with Crippen LogP contribution in [-0.4, -0.2) is 26.1 Å². The molecule has 0 saturated carbocycles. The van der Waals surface area contributed by atoms with Crippen LogP contribution in [0.4, 0.5) is 11.4 Å². The third-order valence-electron chi connectivity index (χ3n) is 4.59. The van der Waals surface area contributed by atoms with Gasteiger partial charge in [0, 0.05) is 22.3 Å². The van der Waals surface area contributed by atoms with Crippen LogP contribution in [0.2, 0.25) is 5.02 Å². The minimum Gasteiger partial charge on any atom is -0.322 e. The van der Waals surface area contributed by atoms with E-state index in [9.17, 15) is 13.2 Å². The van der Waals surface area contributed by atoms with Gasteiger partial charge in [0.05, 0.1) is 11.4 Å². The van der Waals surface area contributed by atoms with E-state index in [1.165, 1.54) is 4.31 Å². The molecular weight excluding hydrogens is 372 g/mol. The first-order valence-electron chi connectivity index (χ1n) is 8.45. The summed E-state index contributed by atoms with van der Waals surface area (Å²) in [4.78, 5) is 12.5. The number of nitrogens with one attached hydrogen (secondary N) is 1. The van der Waals surface area contributed by atoms with Crippen molar-refractivity contribution in [2.75, 3.05) is 15.4 Å². The Hall–Kier alpha value is -2.05. The fraction of sp³-hybridized carbons (Fsp3) is 0.316. The quantitative estimate of drug-likeness (QED) is 0.855. The summed E-state index contributed by atoms with van der Waals surface area (Å²) >= 11 is 6.09. The van der Waals surface area contributed by atoms with Crippen LogP contribution in [0.3, 0.4) is 0 Å². The number of sulfonamides is 1. The van der Waals surface area contributed by atoms with Gasteiger partial charge < -0.3 is 5.32 Å². The standard InChI is InChI=1S/C19H21ClN2O3S/c1-4-26(24,25)22-13(3)9-15-10-14(6-8-18(15)22)19(23)21-16-7-5-12(2)17(20)11-16/h5-8,10-11,13H,4,9H2,1-3H3,(H,21,23)/t13-/m1/s1. The van der Waals surface area contributed by atoms with Crippen LogP contribution in [0.25, 0.3) is 0 Å². The first-order valence-corrected chi connectivity index (χ1v) is 10.4. The molecule has 3 rings (SSSR count). The van der Waals surface area contributed by atoms with Crippen LogP contribution < -0.4 is 9.62 Å². The predicted molar refractivity (Wildman–Crippen MR) is 106 cm³/mol. The Kier molecular flexibility index (Phi) is 4.99. The number of rotatable bonds is 4. The van der Waals surface area contributed by atoms with Gasteiger partial charge in [-0.3, -0.25) is 9.10 Å². The van der Waals surface area contributed by atoms with Crippen molar-refractivity contribution >= 4 is 38.9 Å². The van der Waals surface area contributed by atoms with E-state index in [0.717, 1.165) is 11.1 Å². The Balaban J connectivity index is 1.86. The van der Waals surface area contributed by atoms with E-state index in [0.29, 0.717) is 28.4 Å². The average molecular weight is 393 g/mol. The molecular formula is C19H21ClN2O3S. The van der Waals surface area contributed by atoms with E-state index in [2.05, 4.69) is 5.32 Å². The summed E-state index contributed by atoms with van der Waals surface area (Å²) in [6.07, 6.45) is 0.589. The summed E-state index contributed by atoms with van der Waals surface area (Å²) in [5.74, 6) is -0.204. The molecule has 138 valence electrons. The number of carbonyl (C=O) groups excluding carboxylic acids is 1. The van der Waals surface area contributed by atoms with Crippen LogP contribution in [0.5, 0.6) is 0 Å². The largest absolute Gasteiger partial charge is 0.322 e. The van der Waals surface area contributed by atoms with Gasteiger partial charge in [0.25, 0.3) is 5.91 Å². The molecule has 0 saturated heterocycles. The van der Waals surface area contributed by atoms with Crippen LogP contribution in [0.1, 0.15) is 35.3 Å². The molecule has 2 aromatic rings. The molecule has 1 heterocycles. The lowest BCUT2D eigenvalue weighted by Crippen LogP contribution is -2.36. The van der Waals surface area contributed by atoms with Gasteiger partial charge in [0.15, 0.2) is 0 Å². The highest BCUT2D eigenvalue weighted by Gasteiger charge is 2.34. The Labute approximate surface area is 159 Å². The van der Waals surface area contributed by atoms with Crippen LogP contribution >= 0.6 is 11.6 Å². The lowest BCUT2D eigenvalue weighted by Gasteiger charge is -2.23. The third kappa shape index (κ3) is 3.44. The van der Waals surface area contributed by atoms with Crippen molar-refractivity contribution in [2.24, 2.45) is 0 Å². The van der Waals surface area contributed by atoms with E-state index in [4.69, 9.17) is 11.6 Å². The summed E-state index contributed by atoms with van der Waals surface area (Å²) in [6, 6.07) is 10.3. The molecule has 1 aliphatic heterocycles. The van der Waals surface area contributed by atoms with E-state index in [1.54, 1.807) is 37.3 Å². The lowest BCUT2D eigenvalue weighted by molar-refractivity contribution is 0.102. The number of hydrogen-bond donors (Lipinski definition) is 1. The Morgan fingerprint density at radius 1 is 1.27 bits per heavy atom. The maximum absolute atomic E-state index is 12.5. The summed E-state index contributed by atoms with van der Waals surface area (Å²) in [7, 11) is -3.33. The monoisotopic (exact) mass is 392 g/mol. The SMILES string of the molecule is CCS(=O)(=O)N1c2ccc(C(=O)Nc3ccc(C)c(Cl)c3)cc2C[C@H]1C. The summed E-state index contributed by atoms with van der Waals surface area (Å²) in [6.45, 7) is 5.40. The van der Waals surface area contributed by atoms with E-state index < -0.39 is 10.0 Å². The van der Waals surface area contributed by atoms with Crippen LogP contribution in [-0.2, 0) is 16.4 Å². The van der Waals surface area contributed by atoms with Crippen molar-refractivity contribution in [1.29, 1.82) is 0 Å². The molecule has 1 amide bonds. The zero-order chi connectivity index (χ0) is 19.1. The molecule has 0 spiro atoms. The first kappa shape index (κ1) is 18.7. The fourth-order valence-corrected chi connectivity index (χ4v) is 4.74. The van der Waals surface area contributed by atoms with Crippen LogP contribution in [0, 0.1) is 6.92 Å². The number of halogens is 1. The molecule has 0 radical (unpaired) electrons. The van der Waals surface area contributed by atoms with Gasteiger partial charge >= 0.3 is 0 Å². The predicted octanol–water partition coefficient (Wildman–Crippen LogP) is 4.00. The van der Waals surface area contributed by atoms with E-state index in [1.807, 2.05) is 19.9 Å². The Morgan fingerprint density at radius 3 is 2.65 bits per heavy atom. The molecule has 0 bridgehead atoms. The van der Waals surface area contributed by atoms with E-state index in [-0.39, 0.29) is 17.7 Å². The molecule has 1 aliphatic rings. The Bertz CT molecular complexity index is 973. The van der Waals surface area contributed by atoms with Crippen molar-refractivity contribution in [1.82, 2.24) is 0 Å². The molecule has 1 N–H and O–H groups in total. The van der Waals surface area contributed by atoms with Gasteiger partial charge in [0.2, 0.25) is 10.0 Å². The second kappa shape index (κ2) is 6.93. The first-order chi connectivity index (χ1) is 12.2. The highest BCUT2D eigenvalue weighted by molar-refractivity contribution is 7.92. The highest BCUT2D eigenvalue weighted by Crippen LogP contribution is 2.35. The van der Waals surface area contributed by atoms with Crippen molar-refractivity contribution in [3.05, 3.63) is 58.1 Å². The molecule has 7 heteroatoms. The lowest BCUT2D eigenvalue weighted by atomic mass is 10.1. The van der Waals surface area contributed by atoms with Gasteiger partial charge in [-0.05, 0) is 68.7 Å². The number of hydrogen-bond acceptors (Lipinski definition) is 3. The second-order valence-corrected chi connectivity index (χ2v) is 9.05. The topological polar surface area (TPSA) is 66.5 Å². The molecule has 0 aliphatic carbocycles. The zero-order valence-electron chi connectivity index (χ0n) is 14.9. The number of carbonyl (C=O) groups is 1. The van der Waals surface area contributed by atoms with Crippen molar-refractivity contribution in [3.63, 3.8) is 0 Å². The van der Waals surface area contributed by atoms with Crippen molar-refractivity contribution in [2.45, 2.75) is 33.2 Å². The summed E-state index contributed by atoms with van der Waals surface area (Å²) in [5.41, 5.74) is 3.57. The van der Waals surface area contributed by atoms with Gasteiger partial charge in [-0.1, -0.05) is 17.7 Å². The average Bonchev–Trinajstić information content (AvgIpc) is 2.93. The molecule has 1 atom stereocenters. The second-order valence-electron chi connectivity index (χ2n) is 6.51. The van der Waals surface area contributed by atoms with Crippen molar-refractivity contribution in [3.8, 4) is 0 Å². The number of fused-ring (bicyclic) bond motifs is 1. The smallest absolute Gasteiger partial charge is 0.255 e. The molecule has 26 heavy (non-hydrogen) atoms. The molecule has 0 unspecified atom stereocenters. The van der Waals surface area contributed by atoms with E-state index >= 15 is 0 Å². The summed E-state index contributed by atoms with van der Waals surface area (Å²) < 4.78 is 26.1. The van der Waals surface area contributed by atoms with Crippen molar-refractivity contribution < 1.29 is 13.2 Å². The summed E-state index contributed by atoms with van der Waals surface area (Å²) in [5, 5.41) is 3.41. The fourth-order valence-electron chi connectivity index (χ4n) is 3.18. The van der Waals surface area contributed by atoms with Gasteiger partial charge in [-0.25, -0.2) is 8.42 Å². The zero-order valence-corrected chi connectivity index (χ0v) is 16.5. The van der Waals surface area contributed by atoms with Gasteiger partial charge in [-0.15, -0.1) is 0 Å². The molecule has 0 aromatic heterocycles. The maximum atomic E-state index is 12.5. The minimum atomic E-state index is -3.33. The van der Waals surface area contributed by atoms with Gasteiger partial charge in [-0.2, -0.15) is 0 Å². The number of nitrogens with zero attached hydrogens (tertiary/aromatic N) is 1. The molecule has 5 nitrogen and oxygen atoms in total. The molecule has 0 fully saturated rings. The third-order valence-corrected chi connectivity index (χ3v) is 6.88. The Morgan fingerprint density at radius 2 is 2.00 bits per heavy atom. The number of anilines is 2. The minimum absolute atomic E-state index is 0.0488. The number of benzene rings is 2. The van der Waals surface area contributed by atoms with Gasteiger partial charge in [0.1, 0.15) is 0 Å². The highest BCUT2D eigenvalue weighted by atomic mass is 35.5. The maximum Gasteiger partial charge on any atom is 0.255 e. The molecule has 2 aromatic carbocycles.